The van der Waals surface area contributed by atoms with Gasteiger partial charge in [0.2, 0.25) is 0 Å². The summed E-state index contributed by atoms with van der Waals surface area (Å²) in [6, 6.07) is 59.6. The standard InChI is InChI=1S/C40H50O7.C39H48O7.C38H46O7/c1-7-30-12-14-32(15-13-30)33-16-17-37(29(6)22-33)36-23-34(10-8-19-46-39(43)27(2)3)38(45-21-18-31(25-41)26-42)35(24-36)11-9-20-47-40(44)28(4)5;1-26(2)38(42)45-18-7-9-33-22-35(36-16-15-32(21-29(36)6)31-13-11-28(5)12-14-31)23-34(10-8-19-46-39(43)27(3)4)37(33)44-20-17-30(24-40)25-41;1-26(2)37(41)44-18-9-13-32-22-34(35-16-15-31(21-28(35)5)30-11-7-6-8-12-30)23-33(14-10-19-45-38(42)27(3)4)36(32)43-20-17-29(24-39)25-40/h12-17,22-24,31,41-42H,2,4,7-11,18-21,25-26H2,1,3,5-6H3;11-16,21-23,30,40-41H,1,3,7-10,17-20,24-25H2,2,4-6H3;6-8,11-12,15-16,21-23,29,39-40H,1,3,9-10,13-14,17-20,24-25H2,2,4-5H3. The fraction of sp³-hybridized carbons (Fsp3) is 0.385. The SMILES string of the molecule is C=C(C)C(=O)OCCCc1cc(-c2ccc(-c3ccc(C)cc3)cc2C)cc(CCCOC(=O)C(=C)C)c1OCCC(CO)CO.C=C(C)C(=O)OCCCc1cc(-c2ccc(-c3ccc(CC)cc3)cc2C)cc(CCCOC(=O)C(=C)C)c1OCCC(CO)CO.C=C(C)C(=O)OCCCc1cc(-c2ccc(-c3ccccc3)cc2C)cc(CCCOC(=O)C(=C)C)c1OCCC(CO)CO. The van der Waals surface area contributed by atoms with Crippen LogP contribution >= 0.6 is 0 Å². The van der Waals surface area contributed by atoms with E-state index in [1.54, 1.807) is 41.5 Å². The summed E-state index contributed by atoms with van der Waals surface area (Å²) < 4.78 is 51.3. The Labute approximate surface area is 817 Å². The summed E-state index contributed by atoms with van der Waals surface area (Å²) in [7, 11) is 0. The number of carbonyl (C=O) groups is 6. The van der Waals surface area contributed by atoms with Gasteiger partial charge in [-0.2, -0.15) is 0 Å². The van der Waals surface area contributed by atoms with Crippen molar-refractivity contribution >= 4 is 35.8 Å². The first kappa shape index (κ1) is 112. The van der Waals surface area contributed by atoms with E-state index >= 15 is 0 Å². The Morgan fingerprint density at radius 3 is 0.696 bits per heavy atom. The molecule has 138 heavy (non-hydrogen) atoms. The van der Waals surface area contributed by atoms with Gasteiger partial charge in [0, 0.05) is 90.8 Å². The van der Waals surface area contributed by atoms with E-state index in [2.05, 4.69) is 226 Å². The number of aryl methyl sites for hydroxylation is 11. The number of aliphatic hydroxyl groups excluding tert-OH is 6. The summed E-state index contributed by atoms with van der Waals surface area (Å²) in [6.07, 6.45) is 9.48. The summed E-state index contributed by atoms with van der Waals surface area (Å²) in [5, 5.41) is 57.4. The molecule has 0 radical (unpaired) electrons. The number of hydrogen-bond acceptors (Lipinski definition) is 21. The highest BCUT2D eigenvalue weighted by Gasteiger charge is 2.24. The summed E-state index contributed by atoms with van der Waals surface area (Å²) in [5.74, 6) is -1.15. The Hall–Kier alpha value is -12.6. The van der Waals surface area contributed by atoms with E-state index in [1.807, 2.05) is 18.2 Å². The normalized spacial score (nSPS) is 10.9. The molecular formula is C117H144O21. The van der Waals surface area contributed by atoms with Crippen LogP contribution in [0.2, 0.25) is 0 Å². The molecule has 9 rings (SSSR count). The van der Waals surface area contributed by atoms with E-state index in [0.29, 0.717) is 150 Å². The summed E-state index contributed by atoms with van der Waals surface area (Å²) in [5.41, 5.74) is 27.1. The molecule has 6 N–H and O–H groups in total. The van der Waals surface area contributed by atoms with Crippen LogP contribution in [0.25, 0.3) is 66.8 Å². The van der Waals surface area contributed by atoms with Crippen molar-refractivity contribution in [3.8, 4) is 84.0 Å². The van der Waals surface area contributed by atoms with Crippen LogP contribution in [0.3, 0.4) is 0 Å². The summed E-state index contributed by atoms with van der Waals surface area (Å²) in [4.78, 5) is 71.8. The number of aliphatic hydroxyl groups is 6. The molecule has 0 aliphatic rings. The lowest BCUT2D eigenvalue weighted by Crippen LogP contribution is -2.16. The van der Waals surface area contributed by atoms with Crippen LogP contribution in [0.5, 0.6) is 17.2 Å². The minimum atomic E-state index is -0.418. The van der Waals surface area contributed by atoms with Crippen molar-refractivity contribution in [2.24, 2.45) is 17.8 Å². The van der Waals surface area contributed by atoms with E-state index in [-0.39, 0.29) is 97.0 Å². The van der Waals surface area contributed by atoms with Crippen LogP contribution in [-0.2, 0) is 102 Å². The zero-order valence-corrected chi connectivity index (χ0v) is 82.9. The van der Waals surface area contributed by atoms with Crippen LogP contribution in [0.15, 0.2) is 243 Å². The Balaban J connectivity index is 0.000000282. The maximum Gasteiger partial charge on any atom is 0.333 e. The Morgan fingerprint density at radius 1 is 0.268 bits per heavy atom. The first-order chi connectivity index (χ1) is 66.2. The molecule has 0 saturated heterocycles. The lowest BCUT2D eigenvalue weighted by Gasteiger charge is -2.20. The van der Waals surface area contributed by atoms with Gasteiger partial charge in [-0.25, -0.2) is 28.8 Å². The predicted octanol–water partition coefficient (Wildman–Crippen LogP) is 21.3. The van der Waals surface area contributed by atoms with Crippen molar-refractivity contribution in [1.82, 2.24) is 0 Å². The Bertz CT molecular complexity index is 5380. The molecule has 0 saturated carbocycles. The zero-order valence-electron chi connectivity index (χ0n) is 82.9. The van der Waals surface area contributed by atoms with Crippen LogP contribution in [0, 0.1) is 45.4 Å². The van der Waals surface area contributed by atoms with Crippen LogP contribution in [-0.4, -0.2) is 166 Å². The average molecular weight is 1890 g/mol. The molecule has 0 aliphatic heterocycles. The van der Waals surface area contributed by atoms with Crippen molar-refractivity contribution in [2.75, 3.05) is 99.1 Å². The summed E-state index contributed by atoms with van der Waals surface area (Å²) >= 11 is 0. The van der Waals surface area contributed by atoms with Gasteiger partial charge in [-0.3, -0.25) is 0 Å². The van der Waals surface area contributed by atoms with Crippen LogP contribution in [0.4, 0.5) is 0 Å². The highest BCUT2D eigenvalue weighted by Crippen LogP contribution is 2.41. The molecule has 0 aliphatic carbocycles. The molecule has 738 valence electrons. The van der Waals surface area contributed by atoms with Gasteiger partial charge < -0.3 is 73.3 Å². The number of carbonyl (C=O) groups excluding carboxylic acids is 6. The molecule has 0 atom stereocenters. The molecule has 9 aromatic carbocycles. The lowest BCUT2D eigenvalue weighted by atomic mass is 9.91. The molecule has 9 aromatic rings. The van der Waals surface area contributed by atoms with Crippen molar-refractivity contribution in [2.45, 2.75) is 179 Å². The summed E-state index contributed by atoms with van der Waals surface area (Å²) in [6.45, 7) is 43.8. The van der Waals surface area contributed by atoms with Gasteiger partial charge in [0.05, 0.1) is 59.5 Å². The molecular weight excluding hydrogens is 1740 g/mol. The monoisotopic (exact) mass is 1890 g/mol. The molecule has 0 fully saturated rings. The third-order valence-electron chi connectivity index (χ3n) is 23.4. The second-order valence-electron chi connectivity index (χ2n) is 35.5. The number of esters is 6. The van der Waals surface area contributed by atoms with Gasteiger partial charge in [0.15, 0.2) is 0 Å². The predicted molar refractivity (Wildman–Crippen MR) is 548 cm³/mol. The van der Waals surface area contributed by atoms with Crippen molar-refractivity contribution in [3.63, 3.8) is 0 Å². The maximum absolute atomic E-state index is 12.0. The van der Waals surface area contributed by atoms with E-state index in [0.717, 1.165) is 135 Å². The van der Waals surface area contributed by atoms with Crippen molar-refractivity contribution < 1.29 is 102 Å². The fourth-order valence-corrected chi connectivity index (χ4v) is 15.2. The van der Waals surface area contributed by atoms with Crippen LogP contribution in [0.1, 0.15) is 167 Å². The largest absolute Gasteiger partial charge is 0.493 e. The van der Waals surface area contributed by atoms with Gasteiger partial charge in [-0.1, -0.05) is 185 Å². The Kier molecular flexibility index (Phi) is 48.5. The number of hydrogen-bond donors (Lipinski definition) is 6. The first-order valence-corrected chi connectivity index (χ1v) is 47.8. The molecule has 0 spiro atoms. The van der Waals surface area contributed by atoms with E-state index in [4.69, 9.17) is 42.6 Å². The number of ether oxygens (including phenoxy) is 9. The molecule has 0 amide bonds. The van der Waals surface area contributed by atoms with E-state index in [9.17, 15) is 59.4 Å². The zero-order chi connectivity index (χ0) is 101. The molecule has 21 nitrogen and oxygen atoms in total. The van der Waals surface area contributed by atoms with E-state index < -0.39 is 35.8 Å². The van der Waals surface area contributed by atoms with Gasteiger partial charge in [-0.15, -0.1) is 0 Å². The highest BCUT2D eigenvalue weighted by molar-refractivity contribution is 5.90. The molecule has 0 heterocycles. The smallest absolute Gasteiger partial charge is 0.333 e. The highest BCUT2D eigenvalue weighted by atomic mass is 16.6. The number of rotatable bonds is 55. The minimum Gasteiger partial charge on any atom is -0.493 e. The quantitative estimate of drug-likeness (QED) is 0.00893. The molecule has 0 unspecified atom stereocenters. The van der Waals surface area contributed by atoms with Crippen molar-refractivity contribution in [3.05, 3.63) is 304 Å². The van der Waals surface area contributed by atoms with Gasteiger partial charge in [-0.05, 0) is 331 Å². The Morgan fingerprint density at radius 2 is 0.486 bits per heavy atom. The molecule has 21 heteroatoms. The topological polar surface area (TPSA) is 307 Å². The van der Waals surface area contributed by atoms with Gasteiger partial charge in [0.1, 0.15) is 17.2 Å². The third kappa shape index (κ3) is 36.7. The van der Waals surface area contributed by atoms with Crippen molar-refractivity contribution in [1.29, 1.82) is 0 Å². The second-order valence-corrected chi connectivity index (χ2v) is 35.5. The fourth-order valence-electron chi connectivity index (χ4n) is 15.2. The third-order valence-corrected chi connectivity index (χ3v) is 23.4. The molecule has 0 aromatic heterocycles. The average Bonchev–Trinajstić information content (AvgIpc) is 0.796. The maximum atomic E-state index is 12.0. The van der Waals surface area contributed by atoms with Crippen LogP contribution < -0.4 is 14.2 Å². The van der Waals surface area contributed by atoms with Gasteiger partial charge >= 0.3 is 35.8 Å². The first-order valence-electron chi connectivity index (χ1n) is 47.8. The second kappa shape index (κ2) is 59.5. The van der Waals surface area contributed by atoms with Gasteiger partial charge in [0.25, 0.3) is 0 Å². The number of benzene rings is 9. The molecule has 0 bridgehead atoms. The lowest BCUT2D eigenvalue weighted by molar-refractivity contribution is -0.139. The minimum absolute atomic E-state index is 0.126. The van der Waals surface area contributed by atoms with E-state index in [1.165, 1.54) is 16.7 Å².